The topological polar surface area (TPSA) is 42.0 Å². The highest BCUT2D eigenvalue weighted by Gasteiger charge is 2.30. The van der Waals surface area contributed by atoms with Crippen molar-refractivity contribution in [2.24, 2.45) is 0 Å². The van der Waals surface area contributed by atoms with Gasteiger partial charge in [-0.3, -0.25) is 14.6 Å². The molecule has 0 radical (unpaired) electrons. The molecule has 2 aliphatic rings. The van der Waals surface area contributed by atoms with Gasteiger partial charge in [-0.05, 0) is 24.3 Å². The number of hydrogen-bond acceptors (Lipinski definition) is 5. The Labute approximate surface area is 142 Å². The summed E-state index contributed by atoms with van der Waals surface area (Å²) in [4.78, 5) is 17.6. The fraction of sp³-hybridized carbons (Fsp3) is 0.588. The van der Waals surface area contributed by atoms with Crippen LogP contribution in [0.1, 0.15) is 10.4 Å². The van der Waals surface area contributed by atoms with E-state index in [0.29, 0.717) is 18.2 Å². The van der Waals surface area contributed by atoms with Gasteiger partial charge in [0.2, 0.25) is 0 Å². The maximum absolute atomic E-state index is 13.0. The third kappa shape index (κ3) is 4.52. The third-order valence-electron chi connectivity index (χ3n) is 4.45. The minimum absolute atomic E-state index is 0.141. The first-order valence-corrected chi connectivity index (χ1v) is 8.53. The number of morpholine rings is 2. The average Bonchev–Trinajstić information content (AvgIpc) is 2.61. The van der Waals surface area contributed by atoms with Crippen molar-refractivity contribution >= 4 is 17.4 Å². The van der Waals surface area contributed by atoms with Crippen LogP contribution >= 0.6 is 11.6 Å². The van der Waals surface area contributed by atoms with Crippen molar-refractivity contribution in [3.63, 3.8) is 0 Å². The maximum Gasteiger partial charge on any atom is 0.181 e. The zero-order valence-corrected chi connectivity index (χ0v) is 14.0. The lowest BCUT2D eigenvalue weighted by atomic mass is 10.0. The number of carbonyl (C=O) groups excluding carboxylic acids is 1. The van der Waals surface area contributed by atoms with Crippen LogP contribution in [0.5, 0.6) is 0 Å². The summed E-state index contributed by atoms with van der Waals surface area (Å²) in [5, 5.41) is 0.651. The summed E-state index contributed by atoms with van der Waals surface area (Å²) in [6.45, 7) is 6.97. The van der Waals surface area contributed by atoms with Crippen molar-refractivity contribution in [2.75, 3.05) is 59.2 Å². The lowest BCUT2D eigenvalue weighted by molar-refractivity contribution is -0.00543. The van der Waals surface area contributed by atoms with E-state index in [2.05, 4.69) is 9.80 Å². The number of halogens is 1. The predicted octanol–water partition coefficient (Wildman–Crippen LogP) is 1.56. The minimum Gasteiger partial charge on any atom is -0.379 e. The second-order valence-electron chi connectivity index (χ2n) is 5.95. The first-order chi connectivity index (χ1) is 11.2. The molecule has 23 heavy (non-hydrogen) atoms. The second kappa shape index (κ2) is 8.22. The molecule has 2 aliphatic heterocycles. The first kappa shape index (κ1) is 16.9. The van der Waals surface area contributed by atoms with Gasteiger partial charge in [0.25, 0.3) is 0 Å². The van der Waals surface area contributed by atoms with E-state index in [-0.39, 0.29) is 11.8 Å². The lowest BCUT2D eigenvalue weighted by Crippen LogP contribution is -2.54. The van der Waals surface area contributed by atoms with Gasteiger partial charge in [-0.15, -0.1) is 0 Å². The van der Waals surface area contributed by atoms with Crippen LogP contribution in [0.3, 0.4) is 0 Å². The summed E-state index contributed by atoms with van der Waals surface area (Å²) in [6.07, 6.45) is 0. The van der Waals surface area contributed by atoms with Crippen LogP contribution in [0.25, 0.3) is 0 Å². The monoisotopic (exact) mass is 338 g/mol. The molecule has 2 heterocycles. The van der Waals surface area contributed by atoms with E-state index in [1.165, 1.54) is 0 Å². The molecule has 0 N–H and O–H groups in total. The minimum atomic E-state index is -0.141. The van der Waals surface area contributed by atoms with Crippen molar-refractivity contribution in [3.8, 4) is 0 Å². The third-order valence-corrected chi connectivity index (χ3v) is 4.70. The molecule has 0 aliphatic carbocycles. The summed E-state index contributed by atoms with van der Waals surface area (Å²) in [7, 11) is 0. The molecular formula is C17H23ClN2O3. The molecule has 1 unspecified atom stereocenters. The quantitative estimate of drug-likeness (QED) is 0.762. The standard InChI is InChI=1S/C17H23ClN2O3/c18-15-3-1-14(2-4-15)17(21)16(20-7-11-23-12-8-20)13-19-5-9-22-10-6-19/h1-4,16H,5-13H2. The van der Waals surface area contributed by atoms with Gasteiger partial charge in [0.1, 0.15) is 0 Å². The summed E-state index contributed by atoms with van der Waals surface area (Å²) >= 11 is 5.94. The highest BCUT2D eigenvalue weighted by molar-refractivity contribution is 6.30. The Morgan fingerprint density at radius 2 is 1.57 bits per heavy atom. The molecule has 2 saturated heterocycles. The van der Waals surface area contributed by atoms with E-state index in [9.17, 15) is 4.79 Å². The lowest BCUT2D eigenvalue weighted by Gasteiger charge is -2.37. The molecule has 0 aromatic heterocycles. The summed E-state index contributed by atoms with van der Waals surface area (Å²) in [5.74, 6) is 0.162. The molecule has 6 heteroatoms. The van der Waals surface area contributed by atoms with Crippen molar-refractivity contribution in [3.05, 3.63) is 34.9 Å². The van der Waals surface area contributed by atoms with Gasteiger partial charge in [0, 0.05) is 43.3 Å². The van der Waals surface area contributed by atoms with E-state index in [1.807, 2.05) is 12.1 Å². The van der Waals surface area contributed by atoms with Crippen molar-refractivity contribution in [2.45, 2.75) is 6.04 Å². The normalized spacial score (nSPS) is 22.0. The molecule has 126 valence electrons. The number of hydrogen-bond donors (Lipinski definition) is 0. The molecule has 0 spiro atoms. The number of ether oxygens (including phenoxy) is 2. The number of carbonyl (C=O) groups is 1. The molecule has 1 atom stereocenters. The predicted molar refractivity (Wildman–Crippen MR) is 89.2 cm³/mol. The van der Waals surface area contributed by atoms with Crippen LogP contribution < -0.4 is 0 Å². The van der Waals surface area contributed by atoms with E-state index < -0.39 is 0 Å². The van der Waals surface area contributed by atoms with Gasteiger partial charge in [0.05, 0.1) is 32.5 Å². The highest BCUT2D eigenvalue weighted by atomic mass is 35.5. The number of rotatable bonds is 5. The zero-order chi connectivity index (χ0) is 16.1. The Balaban J connectivity index is 1.75. The Bertz CT molecular complexity index is 511. The van der Waals surface area contributed by atoms with E-state index in [1.54, 1.807) is 12.1 Å². The SMILES string of the molecule is O=C(c1ccc(Cl)cc1)C(CN1CCOCC1)N1CCOCC1. The van der Waals surface area contributed by atoms with E-state index in [4.69, 9.17) is 21.1 Å². The molecule has 0 bridgehead atoms. The van der Waals surface area contributed by atoms with Gasteiger partial charge in [-0.2, -0.15) is 0 Å². The van der Waals surface area contributed by atoms with Gasteiger partial charge >= 0.3 is 0 Å². The molecule has 0 saturated carbocycles. The van der Waals surface area contributed by atoms with Gasteiger partial charge < -0.3 is 9.47 Å². The largest absolute Gasteiger partial charge is 0.379 e. The molecule has 2 fully saturated rings. The number of Topliss-reactive ketones (excluding diaryl/α,β-unsaturated/α-hetero) is 1. The zero-order valence-electron chi connectivity index (χ0n) is 13.2. The summed E-state index contributed by atoms with van der Waals surface area (Å²) < 4.78 is 10.8. The summed E-state index contributed by atoms with van der Waals surface area (Å²) in [5.41, 5.74) is 0.721. The molecule has 1 aromatic carbocycles. The van der Waals surface area contributed by atoms with Crippen LogP contribution in [0.2, 0.25) is 5.02 Å². The van der Waals surface area contributed by atoms with Crippen LogP contribution in [0.4, 0.5) is 0 Å². The van der Waals surface area contributed by atoms with Crippen LogP contribution in [-0.2, 0) is 9.47 Å². The molecule has 5 nitrogen and oxygen atoms in total. The molecule has 0 amide bonds. The van der Waals surface area contributed by atoms with Crippen LogP contribution in [-0.4, -0.2) is 80.8 Å². The second-order valence-corrected chi connectivity index (χ2v) is 6.38. The number of benzene rings is 1. The fourth-order valence-electron chi connectivity index (χ4n) is 3.09. The van der Waals surface area contributed by atoms with Gasteiger partial charge in [-0.1, -0.05) is 11.6 Å². The highest BCUT2D eigenvalue weighted by Crippen LogP contribution is 2.16. The van der Waals surface area contributed by atoms with Crippen molar-refractivity contribution in [1.82, 2.24) is 9.80 Å². The Morgan fingerprint density at radius 1 is 1.00 bits per heavy atom. The van der Waals surface area contributed by atoms with Crippen LogP contribution in [0, 0.1) is 0 Å². The van der Waals surface area contributed by atoms with Gasteiger partial charge in [0.15, 0.2) is 5.78 Å². The molecule has 1 aromatic rings. The van der Waals surface area contributed by atoms with Gasteiger partial charge in [-0.25, -0.2) is 0 Å². The average molecular weight is 339 g/mol. The molecular weight excluding hydrogens is 316 g/mol. The van der Waals surface area contributed by atoms with E-state index in [0.717, 1.165) is 51.5 Å². The van der Waals surface area contributed by atoms with E-state index >= 15 is 0 Å². The van der Waals surface area contributed by atoms with Crippen molar-refractivity contribution < 1.29 is 14.3 Å². The Kier molecular flexibility index (Phi) is 6.02. The Hall–Kier alpha value is -0.980. The number of ketones is 1. The van der Waals surface area contributed by atoms with Crippen molar-refractivity contribution in [1.29, 1.82) is 0 Å². The Morgan fingerprint density at radius 3 is 2.17 bits per heavy atom. The first-order valence-electron chi connectivity index (χ1n) is 8.16. The number of nitrogens with zero attached hydrogens (tertiary/aromatic N) is 2. The maximum atomic E-state index is 13.0. The fourth-order valence-corrected chi connectivity index (χ4v) is 3.21. The smallest absolute Gasteiger partial charge is 0.181 e. The molecule has 3 rings (SSSR count). The van der Waals surface area contributed by atoms with Crippen LogP contribution in [0.15, 0.2) is 24.3 Å². The summed E-state index contributed by atoms with van der Waals surface area (Å²) in [6, 6.07) is 7.05.